The highest BCUT2D eigenvalue weighted by atomic mass is 16.3. The van der Waals surface area contributed by atoms with Crippen molar-refractivity contribution in [1.29, 1.82) is 0 Å². The third-order valence-electron chi connectivity index (χ3n) is 12.8. The molecule has 5 rings (SSSR count). The summed E-state index contributed by atoms with van der Waals surface area (Å²) in [6.45, 7) is 22.0. The first-order chi connectivity index (χ1) is 14.3. The molecule has 0 spiro atoms. The Kier molecular flexibility index (Phi) is 4.68. The van der Waals surface area contributed by atoms with Gasteiger partial charge >= 0.3 is 0 Å². The molecule has 0 saturated heterocycles. The van der Waals surface area contributed by atoms with E-state index in [0.29, 0.717) is 16.2 Å². The minimum Gasteiger partial charge on any atom is -0.392 e. The Morgan fingerprint density at radius 2 is 1.61 bits per heavy atom. The molecule has 5 aliphatic rings. The Bertz CT molecular complexity index is 820. The van der Waals surface area contributed by atoms with E-state index < -0.39 is 0 Å². The van der Waals surface area contributed by atoms with Crippen molar-refractivity contribution in [2.24, 2.45) is 50.7 Å². The van der Waals surface area contributed by atoms with Crippen LogP contribution in [0.3, 0.4) is 0 Å². The number of rotatable bonds is 1. The maximum Gasteiger partial charge on any atom is 0.0628 e. The first-order valence-electron chi connectivity index (χ1n) is 13.4. The molecule has 0 aliphatic heterocycles. The zero-order valence-electron chi connectivity index (χ0n) is 21.5. The highest BCUT2D eigenvalue weighted by molar-refractivity contribution is 5.33. The number of hydrogen-bond acceptors (Lipinski definition) is 1. The summed E-state index contributed by atoms with van der Waals surface area (Å²) in [6, 6.07) is 0. The molecule has 9 atom stereocenters. The molecule has 5 aliphatic carbocycles. The van der Waals surface area contributed by atoms with Gasteiger partial charge in [-0.1, -0.05) is 65.3 Å². The van der Waals surface area contributed by atoms with Crippen LogP contribution in [0.25, 0.3) is 0 Å². The zero-order valence-corrected chi connectivity index (χ0v) is 21.5. The summed E-state index contributed by atoms with van der Waals surface area (Å²) in [6.07, 6.45) is 14.2. The molecule has 1 heteroatoms. The second-order valence-electron chi connectivity index (χ2n) is 14.3. The first-order valence-corrected chi connectivity index (χ1v) is 13.4. The Hall–Kier alpha value is -0.560. The molecule has 174 valence electrons. The first kappa shape index (κ1) is 22.2. The second-order valence-corrected chi connectivity index (χ2v) is 14.3. The second kappa shape index (κ2) is 6.52. The summed E-state index contributed by atoms with van der Waals surface area (Å²) < 4.78 is 0. The maximum absolute atomic E-state index is 10.9. The van der Waals surface area contributed by atoms with Gasteiger partial charge in [0, 0.05) is 5.41 Å². The highest BCUT2D eigenvalue weighted by Gasteiger charge is 2.68. The van der Waals surface area contributed by atoms with Crippen LogP contribution < -0.4 is 0 Å². The number of aliphatic hydroxyl groups excluding tert-OH is 1. The number of allylic oxidation sites excluding steroid dienone is 2. The Morgan fingerprint density at radius 1 is 0.903 bits per heavy atom. The summed E-state index contributed by atoms with van der Waals surface area (Å²) in [7, 11) is 0. The summed E-state index contributed by atoms with van der Waals surface area (Å²) >= 11 is 0. The predicted molar refractivity (Wildman–Crippen MR) is 131 cm³/mol. The van der Waals surface area contributed by atoms with E-state index in [1.807, 2.05) is 0 Å². The summed E-state index contributed by atoms with van der Waals surface area (Å²) in [5.74, 6) is 3.17. The average Bonchev–Trinajstić information content (AvgIpc) is 3.04. The monoisotopic (exact) mass is 424 g/mol. The van der Waals surface area contributed by atoms with Gasteiger partial charge in [-0.05, 0) is 110 Å². The Morgan fingerprint density at radius 3 is 2.29 bits per heavy atom. The molecule has 0 amide bonds. The third kappa shape index (κ3) is 2.59. The Labute approximate surface area is 192 Å². The third-order valence-corrected chi connectivity index (χ3v) is 12.8. The van der Waals surface area contributed by atoms with Crippen LogP contribution in [-0.4, -0.2) is 11.2 Å². The molecule has 1 N–H and O–H groups in total. The van der Waals surface area contributed by atoms with Gasteiger partial charge in [-0.3, -0.25) is 0 Å². The van der Waals surface area contributed by atoms with Crippen LogP contribution in [0.15, 0.2) is 23.8 Å². The van der Waals surface area contributed by atoms with Crippen LogP contribution in [0.4, 0.5) is 0 Å². The molecule has 4 saturated carbocycles. The highest BCUT2D eigenvalue weighted by Crippen LogP contribution is 2.76. The van der Waals surface area contributed by atoms with E-state index in [0.717, 1.165) is 30.1 Å². The molecule has 0 bridgehead atoms. The Balaban J connectivity index is 1.59. The lowest BCUT2D eigenvalue weighted by atomic mass is 9.34. The SMILES string of the molecule is C=C(C)[C@@H]1CC[C@]2(C)CC[C@]3(C)[C@H](CC[C@@H]4[C@@]5(C)CC[C@H](O)C(C)(C)C5=CC[C@]43C)[C@H]12. The molecule has 0 aromatic carbocycles. The van der Waals surface area contributed by atoms with Crippen LogP contribution in [0, 0.1) is 50.7 Å². The predicted octanol–water partition coefficient (Wildman–Crippen LogP) is 7.94. The van der Waals surface area contributed by atoms with Gasteiger partial charge < -0.3 is 5.11 Å². The van der Waals surface area contributed by atoms with E-state index in [-0.39, 0.29) is 16.9 Å². The van der Waals surface area contributed by atoms with Crippen LogP contribution in [0.1, 0.15) is 106 Å². The van der Waals surface area contributed by atoms with Crippen molar-refractivity contribution in [2.45, 2.75) is 112 Å². The maximum atomic E-state index is 10.9. The lowest BCUT2D eigenvalue weighted by molar-refractivity contribution is -0.192. The smallest absolute Gasteiger partial charge is 0.0628 e. The topological polar surface area (TPSA) is 20.2 Å². The molecule has 0 aromatic heterocycles. The van der Waals surface area contributed by atoms with Crippen LogP contribution in [0.2, 0.25) is 0 Å². The van der Waals surface area contributed by atoms with E-state index >= 15 is 0 Å². The largest absolute Gasteiger partial charge is 0.392 e. The normalized spacial score (nSPS) is 55.4. The van der Waals surface area contributed by atoms with Crippen LogP contribution >= 0.6 is 0 Å². The zero-order chi connectivity index (χ0) is 22.6. The van der Waals surface area contributed by atoms with Gasteiger partial charge in [0.2, 0.25) is 0 Å². The summed E-state index contributed by atoms with van der Waals surface area (Å²) in [4.78, 5) is 0. The van der Waals surface area contributed by atoms with Gasteiger partial charge in [-0.25, -0.2) is 0 Å². The van der Waals surface area contributed by atoms with E-state index in [1.165, 1.54) is 56.9 Å². The van der Waals surface area contributed by atoms with Gasteiger partial charge in [0.1, 0.15) is 0 Å². The minimum atomic E-state index is -0.187. The van der Waals surface area contributed by atoms with Crippen molar-refractivity contribution < 1.29 is 5.11 Å². The molecule has 0 radical (unpaired) electrons. The minimum absolute atomic E-state index is 0.0757. The van der Waals surface area contributed by atoms with Gasteiger partial charge in [-0.15, -0.1) is 0 Å². The molecule has 31 heavy (non-hydrogen) atoms. The molecule has 0 heterocycles. The van der Waals surface area contributed by atoms with Crippen molar-refractivity contribution in [2.75, 3.05) is 0 Å². The van der Waals surface area contributed by atoms with E-state index in [9.17, 15) is 5.11 Å². The van der Waals surface area contributed by atoms with Gasteiger partial charge in [0.15, 0.2) is 0 Å². The molecule has 4 fully saturated rings. The van der Waals surface area contributed by atoms with Crippen molar-refractivity contribution in [3.05, 3.63) is 23.8 Å². The lowest BCUT2D eigenvalue weighted by Gasteiger charge is -2.70. The standard InChI is InChI=1S/C30H48O/c1-19(2)20-11-14-27(5)17-18-29(7)21(25(20)27)9-10-23-28(6)15-13-24(31)26(3,4)22(28)12-16-30(23,29)8/h12,20-21,23-25,31H,1,9-11,13-18H2,2-8H3/t20-,21+,23+,24-,25-,27+,28-,29+,30+/m0/s1. The summed E-state index contributed by atoms with van der Waals surface area (Å²) in [5, 5.41) is 10.9. The fraction of sp³-hybridized carbons (Fsp3) is 0.867. The van der Waals surface area contributed by atoms with Crippen molar-refractivity contribution in [1.82, 2.24) is 0 Å². The van der Waals surface area contributed by atoms with Crippen LogP contribution in [0.5, 0.6) is 0 Å². The number of hydrogen-bond donors (Lipinski definition) is 1. The number of aliphatic hydroxyl groups is 1. The van der Waals surface area contributed by atoms with Gasteiger partial charge in [-0.2, -0.15) is 0 Å². The molecule has 0 aromatic rings. The van der Waals surface area contributed by atoms with Crippen LogP contribution in [-0.2, 0) is 0 Å². The van der Waals surface area contributed by atoms with E-state index in [2.05, 4.69) is 61.1 Å². The van der Waals surface area contributed by atoms with Gasteiger partial charge in [0.25, 0.3) is 0 Å². The van der Waals surface area contributed by atoms with Crippen molar-refractivity contribution in [3.63, 3.8) is 0 Å². The van der Waals surface area contributed by atoms with Crippen molar-refractivity contribution >= 4 is 0 Å². The molecular formula is C30H48O. The summed E-state index contributed by atoms with van der Waals surface area (Å²) in [5.41, 5.74) is 4.55. The van der Waals surface area contributed by atoms with E-state index in [4.69, 9.17) is 0 Å². The quantitative estimate of drug-likeness (QED) is 0.423. The number of fused-ring (bicyclic) bond motifs is 7. The molecule has 0 unspecified atom stereocenters. The lowest BCUT2D eigenvalue weighted by Crippen LogP contribution is -2.63. The van der Waals surface area contributed by atoms with Crippen molar-refractivity contribution in [3.8, 4) is 0 Å². The fourth-order valence-electron chi connectivity index (χ4n) is 10.7. The van der Waals surface area contributed by atoms with E-state index in [1.54, 1.807) is 5.57 Å². The van der Waals surface area contributed by atoms with Gasteiger partial charge in [0.05, 0.1) is 6.10 Å². The fourth-order valence-corrected chi connectivity index (χ4v) is 10.7. The molecule has 1 nitrogen and oxygen atoms in total. The molecular weight excluding hydrogens is 376 g/mol. The average molecular weight is 425 g/mol.